The third-order valence-electron chi connectivity index (χ3n) is 5.44. The number of nitrogens with zero attached hydrogens (tertiary/aromatic N) is 4. The van der Waals surface area contributed by atoms with Crippen LogP contribution in [0.3, 0.4) is 0 Å². The van der Waals surface area contributed by atoms with E-state index in [1.807, 2.05) is 35.2 Å². The summed E-state index contributed by atoms with van der Waals surface area (Å²) in [5.41, 5.74) is 1.10. The average Bonchev–Trinajstić information content (AvgIpc) is 2.69. The number of likely N-dealkylation sites (tertiary alicyclic amines) is 1. The lowest BCUT2D eigenvalue weighted by Gasteiger charge is -2.40. The van der Waals surface area contributed by atoms with Crippen LogP contribution in [0.2, 0.25) is 0 Å². The van der Waals surface area contributed by atoms with E-state index in [-0.39, 0.29) is 18.4 Å². The Balaban J connectivity index is 1.52. The van der Waals surface area contributed by atoms with Gasteiger partial charge in [0.1, 0.15) is 0 Å². The molecule has 1 aromatic rings. The fourth-order valence-electron chi connectivity index (χ4n) is 4.13. The van der Waals surface area contributed by atoms with Crippen molar-refractivity contribution in [2.75, 3.05) is 66.1 Å². The smallest absolute Gasteiger partial charge is 0.236 e. The van der Waals surface area contributed by atoms with E-state index in [9.17, 15) is 9.90 Å². The molecule has 0 aromatic carbocycles. The number of ether oxygens (including phenoxy) is 1. The zero-order chi connectivity index (χ0) is 19.1. The zero-order valence-corrected chi connectivity index (χ0v) is 16.3. The molecule has 1 aromatic heterocycles. The van der Waals surface area contributed by atoms with Crippen molar-refractivity contribution in [2.24, 2.45) is 11.8 Å². The lowest BCUT2D eigenvalue weighted by Crippen LogP contribution is -2.51. The fraction of sp³-hybridized carbons (Fsp3) is 0.700. The monoisotopic (exact) mass is 376 g/mol. The maximum Gasteiger partial charge on any atom is 0.236 e. The second-order valence-electron chi connectivity index (χ2n) is 7.90. The van der Waals surface area contributed by atoms with Crippen molar-refractivity contribution in [1.29, 1.82) is 0 Å². The van der Waals surface area contributed by atoms with Gasteiger partial charge in [-0.05, 0) is 36.9 Å². The summed E-state index contributed by atoms with van der Waals surface area (Å²) < 4.78 is 5.43. The first-order valence-corrected chi connectivity index (χ1v) is 9.90. The quantitative estimate of drug-likeness (QED) is 0.738. The van der Waals surface area contributed by atoms with E-state index in [2.05, 4.69) is 9.88 Å². The molecule has 0 radical (unpaired) electrons. The van der Waals surface area contributed by atoms with Gasteiger partial charge in [0.05, 0.1) is 19.8 Å². The number of rotatable bonds is 7. The first kappa shape index (κ1) is 20.2. The number of aliphatic hydroxyl groups excluding tert-OH is 1. The molecule has 0 saturated carbocycles. The van der Waals surface area contributed by atoms with Gasteiger partial charge in [0.25, 0.3) is 0 Å². The molecule has 2 fully saturated rings. The lowest BCUT2D eigenvalue weighted by atomic mass is 9.89. The Morgan fingerprint density at radius 2 is 2.11 bits per heavy atom. The number of piperidine rings is 1. The Kier molecular flexibility index (Phi) is 7.58. The molecule has 3 heterocycles. The van der Waals surface area contributed by atoms with Crippen LogP contribution in [-0.4, -0.2) is 96.8 Å². The van der Waals surface area contributed by atoms with Gasteiger partial charge in [0.2, 0.25) is 5.91 Å². The highest BCUT2D eigenvalue weighted by molar-refractivity contribution is 5.78. The van der Waals surface area contributed by atoms with Crippen molar-refractivity contribution in [3.63, 3.8) is 0 Å². The molecule has 1 amide bonds. The van der Waals surface area contributed by atoms with Gasteiger partial charge >= 0.3 is 0 Å². The largest absolute Gasteiger partial charge is 0.396 e. The van der Waals surface area contributed by atoms with Gasteiger partial charge in [0.15, 0.2) is 0 Å². The van der Waals surface area contributed by atoms with Crippen molar-refractivity contribution in [3.8, 4) is 0 Å². The van der Waals surface area contributed by atoms with Gasteiger partial charge in [-0.1, -0.05) is 6.07 Å². The first-order valence-electron chi connectivity index (χ1n) is 9.90. The second-order valence-corrected chi connectivity index (χ2v) is 7.90. The number of hydrogen-bond donors (Lipinski definition) is 1. The highest BCUT2D eigenvalue weighted by atomic mass is 16.5. The molecule has 2 aliphatic heterocycles. The van der Waals surface area contributed by atoms with Gasteiger partial charge in [-0.3, -0.25) is 19.6 Å². The Bertz CT molecular complexity index is 580. The predicted molar refractivity (Wildman–Crippen MR) is 103 cm³/mol. The molecule has 7 nitrogen and oxygen atoms in total. The number of likely N-dealkylation sites (N-methyl/N-ethyl adjacent to an activating group) is 1. The number of carbonyl (C=O) groups is 1. The van der Waals surface area contributed by atoms with Crippen LogP contribution in [0.15, 0.2) is 24.5 Å². The minimum absolute atomic E-state index is 0.145. The summed E-state index contributed by atoms with van der Waals surface area (Å²) in [7, 11) is 1.96. The van der Waals surface area contributed by atoms with Crippen molar-refractivity contribution < 1.29 is 14.6 Å². The summed E-state index contributed by atoms with van der Waals surface area (Å²) >= 11 is 0. The van der Waals surface area contributed by atoms with E-state index in [1.165, 1.54) is 0 Å². The Labute approximate surface area is 161 Å². The molecule has 3 rings (SSSR count). The number of pyridine rings is 1. The third kappa shape index (κ3) is 6.24. The van der Waals surface area contributed by atoms with E-state index < -0.39 is 0 Å². The summed E-state index contributed by atoms with van der Waals surface area (Å²) in [6, 6.07) is 3.94. The van der Waals surface area contributed by atoms with Crippen molar-refractivity contribution in [1.82, 2.24) is 19.7 Å². The number of morpholine rings is 1. The van der Waals surface area contributed by atoms with Crippen LogP contribution < -0.4 is 0 Å². The highest BCUT2D eigenvalue weighted by Gasteiger charge is 2.31. The van der Waals surface area contributed by atoms with Crippen LogP contribution in [0.4, 0.5) is 0 Å². The summed E-state index contributed by atoms with van der Waals surface area (Å²) in [5.74, 6) is 0.741. The van der Waals surface area contributed by atoms with Gasteiger partial charge in [-0.15, -0.1) is 0 Å². The SMILES string of the molecule is CN(CC(=O)N1C[C@H](CO)C[C@H](CN2CCOCC2)C1)Cc1cccnc1. The summed E-state index contributed by atoms with van der Waals surface area (Å²) in [6.07, 6.45) is 4.58. The molecule has 0 unspecified atom stereocenters. The first-order chi connectivity index (χ1) is 13.1. The molecule has 0 aliphatic carbocycles. The van der Waals surface area contributed by atoms with E-state index in [0.717, 1.165) is 51.4 Å². The van der Waals surface area contributed by atoms with Crippen molar-refractivity contribution in [3.05, 3.63) is 30.1 Å². The fourth-order valence-corrected chi connectivity index (χ4v) is 4.13. The molecule has 2 saturated heterocycles. The summed E-state index contributed by atoms with van der Waals surface area (Å²) in [6.45, 7) is 7.17. The van der Waals surface area contributed by atoms with Crippen LogP contribution in [0.1, 0.15) is 12.0 Å². The van der Waals surface area contributed by atoms with Crippen LogP contribution in [0.25, 0.3) is 0 Å². The molecule has 0 bridgehead atoms. The predicted octanol–water partition coefficient (Wildman–Crippen LogP) is 0.303. The van der Waals surface area contributed by atoms with Gasteiger partial charge in [-0.25, -0.2) is 0 Å². The number of aliphatic hydroxyl groups is 1. The third-order valence-corrected chi connectivity index (χ3v) is 5.44. The van der Waals surface area contributed by atoms with Crippen LogP contribution in [0, 0.1) is 11.8 Å². The number of carbonyl (C=O) groups excluding carboxylic acids is 1. The molecule has 27 heavy (non-hydrogen) atoms. The van der Waals surface area contributed by atoms with E-state index in [4.69, 9.17) is 4.74 Å². The average molecular weight is 377 g/mol. The lowest BCUT2D eigenvalue weighted by molar-refractivity contribution is -0.135. The van der Waals surface area contributed by atoms with Crippen LogP contribution >= 0.6 is 0 Å². The second kappa shape index (κ2) is 10.1. The maximum absolute atomic E-state index is 12.9. The van der Waals surface area contributed by atoms with Gasteiger partial charge < -0.3 is 14.7 Å². The molecular weight excluding hydrogens is 344 g/mol. The van der Waals surface area contributed by atoms with E-state index >= 15 is 0 Å². The molecule has 0 spiro atoms. The Morgan fingerprint density at radius 3 is 2.81 bits per heavy atom. The molecule has 150 valence electrons. The molecule has 7 heteroatoms. The minimum atomic E-state index is 0.145. The molecular formula is C20H32N4O3. The van der Waals surface area contributed by atoms with Crippen molar-refractivity contribution >= 4 is 5.91 Å². The van der Waals surface area contributed by atoms with E-state index in [1.54, 1.807) is 6.20 Å². The molecule has 1 N–H and O–H groups in total. The van der Waals surface area contributed by atoms with Gasteiger partial charge in [0, 0.05) is 58.3 Å². The summed E-state index contributed by atoms with van der Waals surface area (Å²) in [4.78, 5) is 23.4. The summed E-state index contributed by atoms with van der Waals surface area (Å²) in [5, 5.41) is 9.70. The normalized spacial score (nSPS) is 24.3. The topological polar surface area (TPSA) is 69.1 Å². The number of hydrogen-bond acceptors (Lipinski definition) is 6. The van der Waals surface area contributed by atoms with Crippen molar-refractivity contribution in [2.45, 2.75) is 13.0 Å². The standard InChI is InChI=1S/C20H32N4O3/c1-22(11-17-3-2-4-21-10-17)15-20(26)24-13-18(9-19(14-24)16-25)12-23-5-7-27-8-6-23/h2-4,10,18-19,25H,5-9,11-16H2,1H3/t18-,19-/m1/s1. The zero-order valence-electron chi connectivity index (χ0n) is 16.3. The minimum Gasteiger partial charge on any atom is -0.396 e. The number of aromatic nitrogens is 1. The number of amides is 1. The Hall–Kier alpha value is -1.54. The maximum atomic E-state index is 12.9. The molecule has 2 atom stereocenters. The molecule has 2 aliphatic rings. The highest BCUT2D eigenvalue weighted by Crippen LogP contribution is 2.23. The Morgan fingerprint density at radius 1 is 1.33 bits per heavy atom. The van der Waals surface area contributed by atoms with Gasteiger partial charge in [-0.2, -0.15) is 0 Å². The van der Waals surface area contributed by atoms with Crippen LogP contribution in [-0.2, 0) is 16.1 Å². The van der Waals surface area contributed by atoms with Crippen LogP contribution in [0.5, 0.6) is 0 Å². The van der Waals surface area contributed by atoms with E-state index in [0.29, 0.717) is 25.6 Å².